The summed E-state index contributed by atoms with van der Waals surface area (Å²) in [6.07, 6.45) is 0. The van der Waals surface area contributed by atoms with Gasteiger partial charge in [-0.3, -0.25) is 4.79 Å². The average molecular weight is 366 g/mol. The lowest BCUT2D eigenvalue weighted by atomic mass is 10.2. The van der Waals surface area contributed by atoms with Crippen LogP contribution in [0.5, 0.6) is 5.75 Å². The number of carbonyl (C=O) groups excluding carboxylic acids is 1. The molecule has 0 heterocycles. The number of ether oxygens (including phenoxy) is 1. The van der Waals surface area contributed by atoms with Crippen LogP contribution in [0, 0.1) is 11.3 Å². The van der Waals surface area contributed by atoms with Gasteiger partial charge in [0.25, 0.3) is 5.91 Å². The van der Waals surface area contributed by atoms with E-state index in [2.05, 4.69) is 21.2 Å². The molecule has 0 bridgehead atoms. The van der Waals surface area contributed by atoms with E-state index in [-0.39, 0.29) is 12.5 Å². The number of benzene rings is 2. The smallest absolute Gasteiger partial charge is 0.262 e. The van der Waals surface area contributed by atoms with E-state index in [1.165, 1.54) is 0 Å². The largest absolute Gasteiger partial charge is 0.484 e. The summed E-state index contributed by atoms with van der Waals surface area (Å²) < 4.78 is 6.16. The van der Waals surface area contributed by atoms with Gasteiger partial charge >= 0.3 is 0 Å². The summed E-state index contributed by atoms with van der Waals surface area (Å²) in [6, 6.07) is 13.8. The Morgan fingerprint density at radius 2 is 2.14 bits per heavy atom. The normalized spacial score (nSPS) is 9.76. The summed E-state index contributed by atoms with van der Waals surface area (Å²) in [5.41, 5.74) is 0.989. The molecule has 106 valence electrons. The molecule has 0 spiro atoms. The minimum absolute atomic E-state index is 0.165. The van der Waals surface area contributed by atoms with Crippen LogP contribution in [0.3, 0.4) is 0 Å². The fourth-order valence-corrected chi connectivity index (χ4v) is 2.30. The van der Waals surface area contributed by atoms with Crippen LogP contribution in [0.15, 0.2) is 46.9 Å². The summed E-state index contributed by atoms with van der Waals surface area (Å²) in [5, 5.41) is 11.9. The van der Waals surface area contributed by atoms with E-state index in [4.69, 9.17) is 21.6 Å². The number of carbonyl (C=O) groups is 1. The van der Waals surface area contributed by atoms with Crippen molar-refractivity contribution < 1.29 is 9.53 Å². The molecule has 0 unspecified atom stereocenters. The van der Waals surface area contributed by atoms with Gasteiger partial charge in [-0.2, -0.15) is 5.26 Å². The number of rotatable bonds is 4. The quantitative estimate of drug-likeness (QED) is 0.891. The van der Waals surface area contributed by atoms with Crippen LogP contribution in [-0.2, 0) is 4.79 Å². The summed E-state index contributed by atoms with van der Waals surface area (Å²) in [7, 11) is 0. The Kier molecular flexibility index (Phi) is 5.20. The maximum absolute atomic E-state index is 11.8. The lowest BCUT2D eigenvalue weighted by molar-refractivity contribution is -0.118. The van der Waals surface area contributed by atoms with Crippen molar-refractivity contribution in [2.24, 2.45) is 0 Å². The highest BCUT2D eigenvalue weighted by molar-refractivity contribution is 9.10. The molecule has 2 aromatic rings. The molecular formula is C15H10BrClN2O2. The van der Waals surface area contributed by atoms with Gasteiger partial charge in [-0.05, 0) is 36.4 Å². The van der Waals surface area contributed by atoms with Gasteiger partial charge in [0, 0.05) is 4.47 Å². The van der Waals surface area contributed by atoms with Gasteiger partial charge in [0.05, 0.1) is 22.3 Å². The Morgan fingerprint density at radius 3 is 2.86 bits per heavy atom. The van der Waals surface area contributed by atoms with Crippen molar-refractivity contribution in [3.63, 3.8) is 0 Å². The van der Waals surface area contributed by atoms with E-state index in [1.807, 2.05) is 6.07 Å². The van der Waals surface area contributed by atoms with Crippen molar-refractivity contribution in [3.8, 4) is 11.8 Å². The molecule has 0 aliphatic rings. The highest BCUT2D eigenvalue weighted by Crippen LogP contribution is 2.25. The minimum atomic E-state index is -0.332. The van der Waals surface area contributed by atoms with Crippen LogP contribution in [0.1, 0.15) is 5.56 Å². The summed E-state index contributed by atoms with van der Waals surface area (Å²) in [6.45, 7) is -0.165. The monoisotopic (exact) mass is 364 g/mol. The Balaban J connectivity index is 1.94. The first-order chi connectivity index (χ1) is 10.1. The van der Waals surface area contributed by atoms with Gasteiger partial charge in [-0.25, -0.2) is 0 Å². The van der Waals surface area contributed by atoms with Gasteiger partial charge in [-0.15, -0.1) is 0 Å². The van der Waals surface area contributed by atoms with Crippen LogP contribution in [-0.4, -0.2) is 12.5 Å². The van der Waals surface area contributed by atoms with E-state index < -0.39 is 0 Å². The number of anilines is 1. The van der Waals surface area contributed by atoms with Crippen LogP contribution in [0.2, 0.25) is 5.02 Å². The first-order valence-corrected chi connectivity index (χ1v) is 7.13. The Hall–Kier alpha value is -2.03. The molecule has 1 N–H and O–H groups in total. The first kappa shape index (κ1) is 15.4. The summed E-state index contributed by atoms with van der Waals surface area (Å²) >= 11 is 9.30. The molecule has 0 saturated carbocycles. The number of hydrogen-bond acceptors (Lipinski definition) is 3. The van der Waals surface area contributed by atoms with Crippen molar-refractivity contribution in [1.82, 2.24) is 0 Å². The third-order valence-electron chi connectivity index (χ3n) is 2.54. The number of nitriles is 1. The van der Waals surface area contributed by atoms with Crippen LogP contribution >= 0.6 is 27.5 Å². The molecule has 2 rings (SSSR count). The fourth-order valence-electron chi connectivity index (χ4n) is 1.58. The fraction of sp³-hybridized carbons (Fsp3) is 0.0667. The predicted molar refractivity (Wildman–Crippen MR) is 84.4 cm³/mol. The predicted octanol–water partition coefficient (Wildman–Crippen LogP) is 3.99. The molecule has 0 aromatic heterocycles. The Labute approximate surface area is 135 Å². The number of amides is 1. The molecule has 2 aromatic carbocycles. The van der Waals surface area contributed by atoms with Gasteiger partial charge in [0.1, 0.15) is 5.75 Å². The van der Waals surface area contributed by atoms with Gasteiger partial charge in [0.2, 0.25) is 0 Å². The van der Waals surface area contributed by atoms with Crippen molar-refractivity contribution in [2.75, 3.05) is 11.9 Å². The SMILES string of the molecule is N#Cc1cccc(OCC(=O)Nc2ccc(Br)cc2Cl)c1. The van der Waals surface area contributed by atoms with Crippen LogP contribution in [0.4, 0.5) is 5.69 Å². The standard InChI is InChI=1S/C15H10BrClN2O2/c16-11-4-5-14(13(17)7-11)19-15(20)9-21-12-3-1-2-10(6-12)8-18/h1-7H,9H2,(H,19,20). The highest BCUT2D eigenvalue weighted by Gasteiger charge is 2.07. The number of nitrogens with zero attached hydrogens (tertiary/aromatic N) is 1. The first-order valence-electron chi connectivity index (χ1n) is 5.96. The lowest BCUT2D eigenvalue weighted by Crippen LogP contribution is -2.20. The zero-order chi connectivity index (χ0) is 15.2. The molecule has 6 heteroatoms. The van der Waals surface area contributed by atoms with Crippen molar-refractivity contribution in [3.05, 3.63) is 57.5 Å². The molecule has 1 amide bonds. The minimum Gasteiger partial charge on any atom is -0.484 e. The molecular weight excluding hydrogens is 356 g/mol. The topological polar surface area (TPSA) is 62.1 Å². The van der Waals surface area contributed by atoms with Crippen LogP contribution in [0.25, 0.3) is 0 Å². The van der Waals surface area contributed by atoms with E-state index in [0.29, 0.717) is 22.0 Å². The summed E-state index contributed by atoms with van der Waals surface area (Å²) in [5.74, 6) is 0.132. The van der Waals surface area contributed by atoms with E-state index in [1.54, 1.807) is 42.5 Å². The second kappa shape index (κ2) is 7.11. The molecule has 0 aliphatic heterocycles. The van der Waals surface area contributed by atoms with Gasteiger partial charge in [0.15, 0.2) is 6.61 Å². The molecule has 0 radical (unpaired) electrons. The molecule has 0 saturated heterocycles. The molecule has 21 heavy (non-hydrogen) atoms. The number of halogens is 2. The maximum atomic E-state index is 11.8. The number of nitrogens with one attached hydrogen (secondary N) is 1. The van der Waals surface area contributed by atoms with Crippen molar-refractivity contribution in [1.29, 1.82) is 5.26 Å². The third-order valence-corrected chi connectivity index (χ3v) is 3.34. The van der Waals surface area contributed by atoms with Gasteiger partial charge in [-0.1, -0.05) is 33.6 Å². The Morgan fingerprint density at radius 1 is 1.33 bits per heavy atom. The van der Waals surface area contributed by atoms with Crippen LogP contribution < -0.4 is 10.1 Å². The molecule has 4 nitrogen and oxygen atoms in total. The van der Waals surface area contributed by atoms with Crippen molar-refractivity contribution in [2.45, 2.75) is 0 Å². The molecule has 0 fully saturated rings. The maximum Gasteiger partial charge on any atom is 0.262 e. The zero-order valence-electron chi connectivity index (χ0n) is 10.8. The molecule has 0 atom stereocenters. The highest BCUT2D eigenvalue weighted by atomic mass is 79.9. The Bertz CT molecular complexity index is 713. The van der Waals surface area contributed by atoms with E-state index in [9.17, 15) is 4.79 Å². The second-order valence-electron chi connectivity index (χ2n) is 4.10. The van der Waals surface area contributed by atoms with E-state index in [0.717, 1.165) is 4.47 Å². The summed E-state index contributed by atoms with van der Waals surface area (Å²) in [4.78, 5) is 11.8. The number of hydrogen-bond donors (Lipinski definition) is 1. The van der Waals surface area contributed by atoms with Crippen molar-refractivity contribution >= 4 is 39.1 Å². The third kappa shape index (κ3) is 4.48. The lowest BCUT2D eigenvalue weighted by Gasteiger charge is -2.09. The van der Waals surface area contributed by atoms with Gasteiger partial charge < -0.3 is 10.1 Å². The second-order valence-corrected chi connectivity index (χ2v) is 5.42. The van der Waals surface area contributed by atoms with E-state index >= 15 is 0 Å². The molecule has 0 aliphatic carbocycles. The zero-order valence-corrected chi connectivity index (χ0v) is 13.1. The average Bonchev–Trinajstić information content (AvgIpc) is 2.48.